The van der Waals surface area contributed by atoms with Gasteiger partial charge in [-0.3, -0.25) is 10.1 Å². The number of nitrogens with one attached hydrogen (secondary N) is 1. The number of morpholine rings is 1. The van der Waals surface area contributed by atoms with Crippen molar-refractivity contribution in [3.8, 4) is 0 Å². The number of nitrogens with zero attached hydrogens (tertiary/aromatic N) is 2. The molecule has 12 heteroatoms. The lowest BCUT2D eigenvalue weighted by Gasteiger charge is -2.26. The summed E-state index contributed by atoms with van der Waals surface area (Å²) in [5.41, 5.74) is -0.361. The van der Waals surface area contributed by atoms with E-state index >= 15 is 0 Å². The van der Waals surface area contributed by atoms with Crippen molar-refractivity contribution in [2.45, 2.75) is 11.8 Å². The molecule has 1 fully saturated rings. The Morgan fingerprint density at radius 1 is 1.41 bits per heavy atom. The summed E-state index contributed by atoms with van der Waals surface area (Å²) >= 11 is 3.09. The van der Waals surface area contributed by atoms with E-state index in [0.717, 1.165) is 0 Å². The quantitative estimate of drug-likeness (QED) is 0.409. The number of carbonyl (C=O) groups excluding carboxylic acids is 1. The molecule has 1 N–H and O–H groups in total. The topological polar surface area (TPSA) is 132 Å². The third-order valence-corrected chi connectivity index (χ3v) is 6.68. The van der Waals surface area contributed by atoms with Crippen LogP contribution < -0.4 is 0 Å². The number of ether oxygens (including phenoxy) is 2. The molecule has 1 aromatic heterocycles. The van der Waals surface area contributed by atoms with E-state index in [1.165, 1.54) is 16.4 Å². The zero-order valence-electron chi connectivity index (χ0n) is 14.2. The first kappa shape index (κ1) is 19.7. The van der Waals surface area contributed by atoms with Crippen LogP contribution in [0.4, 0.5) is 5.69 Å². The van der Waals surface area contributed by atoms with Crippen molar-refractivity contribution < 1.29 is 27.6 Å². The number of carbonyl (C=O) groups is 1. The lowest BCUT2D eigenvalue weighted by molar-refractivity contribution is -0.385. The molecule has 1 aromatic carbocycles. The molecule has 0 radical (unpaired) electrons. The number of aromatic nitrogens is 1. The van der Waals surface area contributed by atoms with Gasteiger partial charge in [-0.2, -0.15) is 4.31 Å². The fourth-order valence-electron chi connectivity index (χ4n) is 2.85. The van der Waals surface area contributed by atoms with Crippen molar-refractivity contribution in [3.05, 3.63) is 32.4 Å². The molecule has 10 nitrogen and oxygen atoms in total. The number of nitro benzene ring substituents is 1. The minimum Gasteiger partial charge on any atom is -0.461 e. The first-order valence-corrected chi connectivity index (χ1v) is 10.2. The van der Waals surface area contributed by atoms with E-state index < -0.39 is 20.9 Å². The number of rotatable bonds is 5. The Morgan fingerprint density at radius 3 is 2.67 bits per heavy atom. The summed E-state index contributed by atoms with van der Waals surface area (Å²) in [7, 11) is -4.06. The van der Waals surface area contributed by atoms with Crippen molar-refractivity contribution in [3.63, 3.8) is 0 Å². The standard InChI is InChI=1S/C15H16BrN3O7S/c1-2-26-15(20)13-14(27(23,24)18-3-5-25-6-4-18)9-7-10(16)12(19(21)22)8-11(9)17-13/h7-8,17H,2-6H2,1H3. The summed E-state index contributed by atoms with van der Waals surface area (Å²) in [5, 5.41) is 11.3. The van der Waals surface area contributed by atoms with Crippen molar-refractivity contribution in [1.82, 2.24) is 9.29 Å². The fourth-order valence-corrected chi connectivity index (χ4v) is 5.07. The number of halogens is 1. The molecule has 0 atom stereocenters. The second-order valence-corrected chi connectivity index (χ2v) is 8.40. The number of H-pyrrole nitrogens is 1. The summed E-state index contributed by atoms with van der Waals surface area (Å²) in [6, 6.07) is 2.50. The molecule has 3 rings (SSSR count). The van der Waals surface area contributed by atoms with Crippen LogP contribution in [0.15, 0.2) is 21.5 Å². The van der Waals surface area contributed by atoms with Crippen molar-refractivity contribution in [2.75, 3.05) is 32.9 Å². The molecule has 27 heavy (non-hydrogen) atoms. The largest absolute Gasteiger partial charge is 0.461 e. The van der Waals surface area contributed by atoms with E-state index in [4.69, 9.17) is 9.47 Å². The minimum atomic E-state index is -4.06. The highest BCUT2D eigenvalue weighted by atomic mass is 79.9. The molecule has 1 saturated heterocycles. The normalized spacial score (nSPS) is 15.8. The molecule has 146 valence electrons. The van der Waals surface area contributed by atoms with Crippen LogP contribution in [0.25, 0.3) is 10.9 Å². The van der Waals surface area contributed by atoms with Gasteiger partial charge >= 0.3 is 5.97 Å². The lowest BCUT2D eigenvalue weighted by atomic mass is 10.2. The van der Waals surface area contributed by atoms with E-state index in [0.29, 0.717) is 0 Å². The van der Waals surface area contributed by atoms with E-state index in [2.05, 4.69) is 20.9 Å². The molecule has 0 unspecified atom stereocenters. The molecule has 0 aliphatic carbocycles. The monoisotopic (exact) mass is 461 g/mol. The first-order chi connectivity index (χ1) is 12.8. The Balaban J connectivity index is 2.27. The molecule has 2 aromatic rings. The van der Waals surface area contributed by atoms with E-state index in [1.54, 1.807) is 6.92 Å². The number of nitro groups is 1. The number of hydrogen-bond donors (Lipinski definition) is 1. The zero-order valence-corrected chi connectivity index (χ0v) is 16.6. The Bertz CT molecular complexity index is 1010. The van der Waals surface area contributed by atoms with E-state index in [1.807, 2.05) is 0 Å². The second kappa shape index (κ2) is 7.54. The molecule has 1 aliphatic heterocycles. The lowest BCUT2D eigenvalue weighted by Crippen LogP contribution is -2.41. The van der Waals surface area contributed by atoms with Crippen molar-refractivity contribution >= 4 is 48.5 Å². The van der Waals surface area contributed by atoms with Gasteiger partial charge in [-0.05, 0) is 28.9 Å². The third-order valence-electron chi connectivity index (χ3n) is 4.06. The Morgan fingerprint density at radius 2 is 2.07 bits per heavy atom. The fraction of sp³-hybridized carbons (Fsp3) is 0.400. The molecule has 0 amide bonds. The summed E-state index contributed by atoms with van der Waals surface area (Å²) < 4.78 is 37.9. The average Bonchev–Trinajstić information content (AvgIpc) is 3.01. The third kappa shape index (κ3) is 3.57. The van der Waals surface area contributed by atoms with Crippen LogP contribution in [0.3, 0.4) is 0 Å². The highest BCUT2D eigenvalue weighted by molar-refractivity contribution is 9.10. The van der Waals surface area contributed by atoms with Crippen LogP contribution in [0.2, 0.25) is 0 Å². The average molecular weight is 462 g/mol. The van der Waals surface area contributed by atoms with Gasteiger partial charge < -0.3 is 14.5 Å². The molecule has 0 bridgehead atoms. The van der Waals surface area contributed by atoms with Crippen LogP contribution >= 0.6 is 15.9 Å². The van der Waals surface area contributed by atoms with Gasteiger partial charge in [-0.25, -0.2) is 13.2 Å². The zero-order chi connectivity index (χ0) is 19.8. The number of hydrogen-bond acceptors (Lipinski definition) is 7. The van der Waals surface area contributed by atoms with Gasteiger partial charge in [0.15, 0.2) is 0 Å². The van der Waals surface area contributed by atoms with Crippen molar-refractivity contribution in [1.29, 1.82) is 0 Å². The van der Waals surface area contributed by atoms with Gasteiger partial charge in [0.2, 0.25) is 10.0 Å². The number of fused-ring (bicyclic) bond motifs is 1. The molecule has 0 spiro atoms. The Labute approximate surface area is 162 Å². The first-order valence-electron chi connectivity index (χ1n) is 8.02. The molecular weight excluding hydrogens is 446 g/mol. The Kier molecular flexibility index (Phi) is 5.51. The van der Waals surface area contributed by atoms with Crippen LogP contribution in [-0.2, 0) is 19.5 Å². The van der Waals surface area contributed by atoms with Gasteiger partial charge in [-0.1, -0.05) is 0 Å². The second-order valence-electron chi connectivity index (χ2n) is 5.67. The van der Waals surface area contributed by atoms with Crippen LogP contribution in [0.1, 0.15) is 17.4 Å². The van der Waals surface area contributed by atoms with Gasteiger partial charge in [0.05, 0.1) is 34.7 Å². The smallest absolute Gasteiger partial charge is 0.356 e. The maximum atomic E-state index is 13.2. The van der Waals surface area contributed by atoms with Crippen molar-refractivity contribution in [2.24, 2.45) is 0 Å². The summed E-state index contributed by atoms with van der Waals surface area (Å²) in [4.78, 5) is 25.3. The number of benzene rings is 1. The van der Waals surface area contributed by atoms with Crippen LogP contribution in [0, 0.1) is 10.1 Å². The SMILES string of the molecule is CCOC(=O)c1[nH]c2cc([N+](=O)[O-])c(Br)cc2c1S(=O)(=O)N1CCOCC1. The molecule has 0 saturated carbocycles. The maximum absolute atomic E-state index is 13.2. The predicted molar refractivity (Wildman–Crippen MR) is 98.2 cm³/mol. The van der Waals surface area contributed by atoms with Gasteiger partial charge in [-0.15, -0.1) is 0 Å². The van der Waals surface area contributed by atoms with Gasteiger partial charge in [0, 0.05) is 24.5 Å². The number of sulfonamides is 1. The molecule has 2 heterocycles. The number of esters is 1. The Hall–Kier alpha value is -2.02. The van der Waals surface area contributed by atoms with Gasteiger partial charge in [0.1, 0.15) is 10.6 Å². The van der Waals surface area contributed by atoms with E-state index in [-0.39, 0.29) is 64.6 Å². The summed E-state index contributed by atoms with van der Waals surface area (Å²) in [5.74, 6) is -0.848. The molecule has 1 aliphatic rings. The molecular formula is C15H16BrN3O7S. The summed E-state index contributed by atoms with van der Waals surface area (Å²) in [6.45, 7) is 2.42. The highest BCUT2D eigenvalue weighted by Crippen LogP contribution is 2.36. The van der Waals surface area contributed by atoms with E-state index in [9.17, 15) is 23.3 Å². The number of aromatic amines is 1. The van der Waals surface area contributed by atoms with Gasteiger partial charge in [0.25, 0.3) is 5.69 Å². The summed E-state index contributed by atoms with van der Waals surface area (Å²) in [6.07, 6.45) is 0. The highest BCUT2D eigenvalue weighted by Gasteiger charge is 2.35. The predicted octanol–water partition coefficient (Wildman–Crippen LogP) is 2.04. The maximum Gasteiger partial charge on any atom is 0.356 e. The van der Waals surface area contributed by atoms with Crippen LogP contribution in [0.5, 0.6) is 0 Å². The minimum absolute atomic E-state index is 0.0507. The van der Waals surface area contributed by atoms with Crippen LogP contribution in [-0.4, -0.2) is 61.5 Å².